The van der Waals surface area contributed by atoms with Crippen LogP contribution < -0.4 is 5.32 Å². The zero-order valence-corrected chi connectivity index (χ0v) is 15.1. The predicted molar refractivity (Wildman–Crippen MR) is 94.7 cm³/mol. The van der Waals surface area contributed by atoms with Gasteiger partial charge in [0.2, 0.25) is 5.91 Å². The minimum Gasteiger partial charge on any atom is -0.347 e. The van der Waals surface area contributed by atoms with Gasteiger partial charge in [-0.2, -0.15) is 13.2 Å². The summed E-state index contributed by atoms with van der Waals surface area (Å²) in [5.74, 6) is 0.559. The number of alkyl halides is 3. The van der Waals surface area contributed by atoms with Gasteiger partial charge >= 0.3 is 6.18 Å². The first kappa shape index (κ1) is 20.1. The van der Waals surface area contributed by atoms with Gasteiger partial charge in [-0.05, 0) is 37.0 Å². The highest BCUT2D eigenvalue weighted by Crippen LogP contribution is 2.29. The van der Waals surface area contributed by atoms with Crippen LogP contribution in [0, 0.1) is 0 Å². The Kier molecular flexibility index (Phi) is 6.88. The SMILES string of the molecule is CN=C(NCC(=O)N1CCCCC1)N(C)Cc1ccc(C(F)(F)F)cc1. The van der Waals surface area contributed by atoms with Crippen molar-refractivity contribution in [3.63, 3.8) is 0 Å². The summed E-state index contributed by atoms with van der Waals surface area (Å²) in [4.78, 5) is 20.0. The molecule has 0 radical (unpaired) electrons. The van der Waals surface area contributed by atoms with Crippen LogP contribution in [0.5, 0.6) is 0 Å². The van der Waals surface area contributed by atoms with Crippen LogP contribution in [-0.2, 0) is 17.5 Å². The number of carbonyl (C=O) groups excluding carboxylic acids is 1. The van der Waals surface area contributed by atoms with Crippen LogP contribution in [0.1, 0.15) is 30.4 Å². The molecule has 144 valence electrons. The molecule has 1 amide bonds. The maximum atomic E-state index is 12.6. The Hall–Kier alpha value is -2.25. The average molecular weight is 370 g/mol. The molecule has 8 heteroatoms. The Morgan fingerprint density at radius 3 is 2.35 bits per heavy atom. The number of amides is 1. The summed E-state index contributed by atoms with van der Waals surface area (Å²) < 4.78 is 37.9. The maximum Gasteiger partial charge on any atom is 0.416 e. The Bertz CT molecular complexity index is 622. The number of benzene rings is 1. The van der Waals surface area contributed by atoms with E-state index in [9.17, 15) is 18.0 Å². The van der Waals surface area contributed by atoms with Crippen LogP contribution in [0.4, 0.5) is 13.2 Å². The van der Waals surface area contributed by atoms with Crippen LogP contribution in [0.2, 0.25) is 0 Å². The first-order valence-electron chi connectivity index (χ1n) is 8.67. The third kappa shape index (κ3) is 5.64. The lowest BCUT2D eigenvalue weighted by Crippen LogP contribution is -2.46. The highest BCUT2D eigenvalue weighted by atomic mass is 19.4. The van der Waals surface area contributed by atoms with Crippen molar-refractivity contribution in [2.24, 2.45) is 4.99 Å². The predicted octanol–water partition coefficient (Wildman–Crippen LogP) is 2.73. The van der Waals surface area contributed by atoms with E-state index >= 15 is 0 Å². The number of guanidine groups is 1. The fourth-order valence-electron chi connectivity index (χ4n) is 2.94. The fourth-order valence-corrected chi connectivity index (χ4v) is 2.94. The van der Waals surface area contributed by atoms with Crippen molar-refractivity contribution in [2.45, 2.75) is 32.0 Å². The minimum absolute atomic E-state index is 0.0359. The molecule has 0 spiro atoms. The van der Waals surface area contributed by atoms with Crippen LogP contribution in [0.3, 0.4) is 0 Å². The lowest BCUT2D eigenvalue weighted by Gasteiger charge is -2.28. The van der Waals surface area contributed by atoms with Crippen molar-refractivity contribution in [3.8, 4) is 0 Å². The summed E-state index contributed by atoms with van der Waals surface area (Å²) in [5.41, 5.74) is 0.0596. The summed E-state index contributed by atoms with van der Waals surface area (Å²) in [6.45, 7) is 2.13. The van der Waals surface area contributed by atoms with Gasteiger partial charge in [0.15, 0.2) is 5.96 Å². The molecule has 0 bridgehead atoms. The number of hydrogen-bond acceptors (Lipinski definition) is 2. The van der Waals surface area contributed by atoms with E-state index in [1.807, 2.05) is 4.90 Å². The molecule has 1 aliphatic heterocycles. The number of aliphatic imine (C=N–C) groups is 1. The molecule has 2 rings (SSSR count). The smallest absolute Gasteiger partial charge is 0.347 e. The maximum absolute atomic E-state index is 12.6. The van der Waals surface area contributed by atoms with Gasteiger partial charge in [0.05, 0.1) is 12.1 Å². The van der Waals surface area contributed by atoms with Crippen molar-refractivity contribution >= 4 is 11.9 Å². The van der Waals surface area contributed by atoms with Gasteiger partial charge < -0.3 is 15.1 Å². The second-order valence-electron chi connectivity index (χ2n) is 6.39. The number of hydrogen-bond donors (Lipinski definition) is 1. The van der Waals surface area contributed by atoms with E-state index in [0.29, 0.717) is 12.5 Å². The largest absolute Gasteiger partial charge is 0.416 e. The number of halogens is 3. The molecule has 0 unspecified atom stereocenters. The summed E-state index contributed by atoms with van der Waals surface area (Å²) in [7, 11) is 3.38. The zero-order chi connectivity index (χ0) is 19.2. The Balaban J connectivity index is 1.88. The molecule has 1 aromatic carbocycles. The van der Waals surface area contributed by atoms with E-state index < -0.39 is 11.7 Å². The topological polar surface area (TPSA) is 47.9 Å². The molecule has 1 fully saturated rings. The molecule has 26 heavy (non-hydrogen) atoms. The van der Waals surface area contributed by atoms with Crippen LogP contribution in [0.25, 0.3) is 0 Å². The van der Waals surface area contributed by atoms with Gasteiger partial charge in [-0.3, -0.25) is 9.79 Å². The van der Waals surface area contributed by atoms with Gasteiger partial charge in [-0.25, -0.2) is 0 Å². The highest BCUT2D eigenvalue weighted by Gasteiger charge is 2.30. The Morgan fingerprint density at radius 1 is 1.19 bits per heavy atom. The summed E-state index contributed by atoms with van der Waals surface area (Å²) >= 11 is 0. The van der Waals surface area contributed by atoms with Crippen LogP contribution >= 0.6 is 0 Å². The fraction of sp³-hybridized carbons (Fsp3) is 0.556. The molecule has 1 heterocycles. The number of carbonyl (C=O) groups is 1. The molecule has 0 aliphatic carbocycles. The van der Waals surface area contributed by atoms with Crippen molar-refractivity contribution in [3.05, 3.63) is 35.4 Å². The second-order valence-corrected chi connectivity index (χ2v) is 6.39. The third-order valence-corrected chi connectivity index (χ3v) is 4.38. The summed E-state index contributed by atoms with van der Waals surface area (Å²) in [5, 5.41) is 3.03. The third-order valence-electron chi connectivity index (χ3n) is 4.38. The lowest BCUT2D eigenvalue weighted by atomic mass is 10.1. The first-order chi connectivity index (χ1) is 12.3. The number of nitrogens with one attached hydrogen (secondary N) is 1. The van der Waals surface area contributed by atoms with Crippen molar-refractivity contribution in [1.82, 2.24) is 15.1 Å². The molecule has 0 aromatic heterocycles. The van der Waals surface area contributed by atoms with Gasteiger partial charge in [0, 0.05) is 33.7 Å². The van der Waals surface area contributed by atoms with Gasteiger partial charge in [0.1, 0.15) is 0 Å². The van der Waals surface area contributed by atoms with Crippen LogP contribution in [-0.4, -0.2) is 55.4 Å². The standard InChI is InChI=1S/C18H25F3N4O/c1-22-17(23-12-16(26)25-10-4-3-5-11-25)24(2)13-14-6-8-15(9-7-14)18(19,20)21/h6-9H,3-5,10-13H2,1-2H3,(H,22,23). The monoisotopic (exact) mass is 370 g/mol. The van der Waals surface area contributed by atoms with E-state index in [-0.39, 0.29) is 12.5 Å². The molecule has 1 aromatic rings. The van der Waals surface area contributed by atoms with Gasteiger partial charge in [0.25, 0.3) is 0 Å². The molecule has 1 N–H and O–H groups in total. The first-order valence-corrected chi connectivity index (χ1v) is 8.67. The molecule has 1 saturated heterocycles. The van der Waals surface area contributed by atoms with E-state index in [0.717, 1.165) is 50.0 Å². The number of likely N-dealkylation sites (tertiary alicyclic amines) is 1. The Morgan fingerprint density at radius 2 is 1.81 bits per heavy atom. The van der Waals surface area contributed by atoms with Gasteiger partial charge in [-0.1, -0.05) is 12.1 Å². The van der Waals surface area contributed by atoms with Crippen LogP contribution in [0.15, 0.2) is 29.3 Å². The molecule has 1 aliphatic rings. The van der Waals surface area contributed by atoms with Crippen molar-refractivity contribution in [2.75, 3.05) is 33.7 Å². The number of rotatable bonds is 4. The van der Waals surface area contributed by atoms with E-state index in [1.54, 1.807) is 19.0 Å². The van der Waals surface area contributed by atoms with E-state index in [4.69, 9.17) is 0 Å². The van der Waals surface area contributed by atoms with Gasteiger partial charge in [-0.15, -0.1) is 0 Å². The minimum atomic E-state index is -4.34. The highest BCUT2D eigenvalue weighted by molar-refractivity contribution is 5.86. The average Bonchev–Trinajstić information content (AvgIpc) is 2.62. The molecule has 5 nitrogen and oxygen atoms in total. The Labute approximate surface area is 151 Å². The van der Waals surface area contributed by atoms with Crippen molar-refractivity contribution in [1.29, 1.82) is 0 Å². The van der Waals surface area contributed by atoms with E-state index in [1.165, 1.54) is 12.1 Å². The second kappa shape index (κ2) is 8.91. The quantitative estimate of drug-likeness (QED) is 0.655. The molecular formula is C18H25F3N4O. The molecule has 0 saturated carbocycles. The zero-order valence-electron chi connectivity index (χ0n) is 15.1. The normalized spacial score (nSPS) is 15.7. The molecule has 0 atom stereocenters. The lowest BCUT2D eigenvalue weighted by molar-refractivity contribution is -0.137. The summed E-state index contributed by atoms with van der Waals surface area (Å²) in [6, 6.07) is 5.04. The number of piperidine rings is 1. The van der Waals surface area contributed by atoms with Crippen molar-refractivity contribution < 1.29 is 18.0 Å². The summed E-state index contributed by atoms with van der Waals surface area (Å²) in [6.07, 6.45) is -1.10. The van der Waals surface area contributed by atoms with E-state index in [2.05, 4.69) is 10.3 Å². The molecular weight excluding hydrogens is 345 g/mol. The number of nitrogens with zero attached hydrogens (tertiary/aromatic N) is 3.